The lowest BCUT2D eigenvalue weighted by molar-refractivity contribution is -0.144. The highest BCUT2D eigenvalue weighted by atomic mass is 32.2. The van der Waals surface area contributed by atoms with Crippen LogP contribution in [0.1, 0.15) is 23.6 Å². The second-order valence-electron chi connectivity index (χ2n) is 6.42. The lowest BCUT2D eigenvalue weighted by atomic mass is 10.1. The third kappa shape index (κ3) is 4.80. The van der Waals surface area contributed by atoms with E-state index >= 15 is 0 Å². The number of hydrogen-bond acceptors (Lipinski definition) is 5. The second-order valence-corrected chi connectivity index (χ2v) is 7.45. The SMILES string of the molecule is Cc1ccc(N=C2NC(=O)/C(=C/c3ccc(O[C@@H](C)C(=O)O)cc3)S2)cc1C. The molecule has 1 fully saturated rings. The van der Waals surface area contributed by atoms with E-state index < -0.39 is 12.1 Å². The van der Waals surface area contributed by atoms with Crippen LogP contribution in [0.3, 0.4) is 0 Å². The highest BCUT2D eigenvalue weighted by molar-refractivity contribution is 8.18. The maximum absolute atomic E-state index is 12.2. The van der Waals surface area contributed by atoms with Crippen LogP contribution >= 0.6 is 11.8 Å². The van der Waals surface area contributed by atoms with Crippen LogP contribution in [0.4, 0.5) is 5.69 Å². The normalized spacial score (nSPS) is 17.6. The molecular formula is C21H20N2O4S. The third-order valence-corrected chi connectivity index (χ3v) is 5.12. The quantitative estimate of drug-likeness (QED) is 0.745. The highest BCUT2D eigenvalue weighted by Crippen LogP contribution is 2.29. The minimum atomic E-state index is -1.03. The molecule has 2 aromatic carbocycles. The number of aryl methyl sites for hydroxylation is 2. The molecule has 0 saturated carbocycles. The van der Waals surface area contributed by atoms with Gasteiger partial charge in [-0.3, -0.25) is 4.79 Å². The van der Waals surface area contributed by atoms with E-state index in [0.717, 1.165) is 16.8 Å². The van der Waals surface area contributed by atoms with Crippen molar-refractivity contribution in [2.75, 3.05) is 0 Å². The van der Waals surface area contributed by atoms with Gasteiger partial charge in [0.15, 0.2) is 11.3 Å². The number of thioether (sulfide) groups is 1. The Kier molecular flexibility index (Phi) is 5.84. The predicted molar refractivity (Wildman–Crippen MR) is 111 cm³/mol. The average molecular weight is 396 g/mol. The fourth-order valence-electron chi connectivity index (χ4n) is 2.44. The Morgan fingerprint density at radius 1 is 1.18 bits per heavy atom. The van der Waals surface area contributed by atoms with E-state index in [-0.39, 0.29) is 5.91 Å². The molecule has 0 aliphatic carbocycles. The molecule has 1 amide bonds. The molecule has 1 saturated heterocycles. The fraction of sp³-hybridized carbons (Fsp3) is 0.190. The van der Waals surface area contributed by atoms with Crippen LogP contribution in [0, 0.1) is 13.8 Å². The Hall–Kier alpha value is -3.06. The second kappa shape index (κ2) is 8.31. The van der Waals surface area contributed by atoms with Gasteiger partial charge in [-0.2, -0.15) is 0 Å². The summed E-state index contributed by atoms with van der Waals surface area (Å²) in [5.74, 6) is -0.772. The number of nitrogens with one attached hydrogen (secondary N) is 1. The van der Waals surface area contributed by atoms with E-state index in [2.05, 4.69) is 10.3 Å². The number of carboxylic acid groups (broad SMARTS) is 1. The van der Waals surface area contributed by atoms with Gasteiger partial charge in [-0.15, -0.1) is 0 Å². The number of nitrogens with zero attached hydrogens (tertiary/aromatic N) is 1. The van der Waals surface area contributed by atoms with Gasteiger partial charge < -0.3 is 15.2 Å². The number of carbonyl (C=O) groups is 2. The van der Waals surface area contributed by atoms with Gasteiger partial charge in [0.25, 0.3) is 5.91 Å². The van der Waals surface area contributed by atoms with E-state index in [0.29, 0.717) is 15.8 Å². The first-order valence-corrected chi connectivity index (χ1v) is 9.50. The summed E-state index contributed by atoms with van der Waals surface area (Å²) in [4.78, 5) is 28.1. The Balaban J connectivity index is 1.72. The molecule has 0 bridgehead atoms. The first kappa shape index (κ1) is 19.7. The van der Waals surface area contributed by atoms with Crippen molar-refractivity contribution in [1.82, 2.24) is 5.32 Å². The van der Waals surface area contributed by atoms with Crippen molar-refractivity contribution < 1.29 is 19.4 Å². The number of carboxylic acids is 1. The number of amides is 1. The lowest BCUT2D eigenvalue weighted by Gasteiger charge is -2.10. The van der Waals surface area contributed by atoms with Crippen LogP contribution in [-0.4, -0.2) is 28.3 Å². The Morgan fingerprint density at radius 3 is 2.54 bits per heavy atom. The zero-order valence-corrected chi connectivity index (χ0v) is 16.5. The summed E-state index contributed by atoms with van der Waals surface area (Å²) in [7, 11) is 0. The number of amidine groups is 1. The van der Waals surface area contributed by atoms with Gasteiger partial charge >= 0.3 is 5.97 Å². The maximum Gasteiger partial charge on any atom is 0.344 e. The van der Waals surface area contributed by atoms with Gasteiger partial charge in [0.2, 0.25) is 0 Å². The summed E-state index contributed by atoms with van der Waals surface area (Å²) in [6.45, 7) is 5.53. The van der Waals surface area contributed by atoms with Gasteiger partial charge in [0.1, 0.15) is 5.75 Å². The number of rotatable bonds is 5. The minimum Gasteiger partial charge on any atom is -0.479 e. The molecule has 144 valence electrons. The van der Waals surface area contributed by atoms with Crippen LogP contribution in [0.5, 0.6) is 5.75 Å². The molecular weight excluding hydrogens is 376 g/mol. The van der Waals surface area contributed by atoms with Crippen molar-refractivity contribution in [3.05, 3.63) is 64.1 Å². The van der Waals surface area contributed by atoms with E-state index in [4.69, 9.17) is 9.84 Å². The van der Waals surface area contributed by atoms with E-state index in [1.54, 1.807) is 30.3 Å². The Morgan fingerprint density at radius 2 is 1.89 bits per heavy atom. The summed E-state index contributed by atoms with van der Waals surface area (Å²) in [6.07, 6.45) is 0.831. The number of aliphatic carboxylic acids is 1. The molecule has 0 unspecified atom stereocenters. The summed E-state index contributed by atoms with van der Waals surface area (Å²) < 4.78 is 5.30. The largest absolute Gasteiger partial charge is 0.479 e. The number of aliphatic imine (C=N–C) groups is 1. The first-order valence-electron chi connectivity index (χ1n) is 8.68. The first-order chi connectivity index (χ1) is 13.3. The summed E-state index contributed by atoms with van der Waals surface area (Å²) >= 11 is 1.28. The van der Waals surface area contributed by atoms with Gasteiger partial charge in [-0.25, -0.2) is 9.79 Å². The van der Waals surface area contributed by atoms with Gasteiger partial charge in [0, 0.05) is 0 Å². The van der Waals surface area contributed by atoms with Crippen LogP contribution in [0.15, 0.2) is 52.4 Å². The van der Waals surface area contributed by atoms with E-state index in [1.165, 1.54) is 24.2 Å². The molecule has 0 aromatic heterocycles. The van der Waals surface area contributed by atoms with E-state index in [9.17, 15) is 9.59 Å². The van der Waals surface area contributed by atoms with E-state index in [1.807, 2.05) is 32.0 Å². The molecule has 0 spiro atoms. The molecule has 0 radical (unpaired) electrons. The zero-order valence-electron chi connectivity index (χ0n) is 15.7. The molecule has 1 heterocycles. The van der Waals surface area contributed by atoms with Gasteiger partial charge in [-0.1, -0.05) is 18.2 Å². The van der Waals surface area contributed by atoms with Crippen molar-refractivity contribution >= 4 is 40.6 Å². The molecule has 28 heavy (non-hydrogen) atoms. The van der Waals surface area contributed by atoms with Crippen molar-refractivity contribution in [2.45, 2.75) is 26.9 Å². The zero-order chi connectivity index (χ0) is 20.3. The minimum absolute atomic E-state index is 0.201. The Bertz CT molecular complexity index is 980. The van der Waals surface area contributed by atoms with Crippen molar-refractivity contribution in [3.8, 4) is 5.75 Å². The standard InChI is InChI=1S/C21H20N2O4S/c1-12-4-7-16(10-13(12)2)22-21-23-19(24)18(28-21)11-15-5-8-17(9-6-15)27-14(3)20(25)26/h4-11,14H,1-3H3,(H,25,26)(H,22,23,24)/b18-11-/t14-/m0/s1. The van der Waals surface area contributed by atoms with Crippen LogP contribution < -0.4 is 10.1 Å². The number of hydrogen-bond donors (Lipinski definition) is 2. The van der Waals surface area contributed by atoms with Crippen molar-refractivity contribution in [3.63, 3.8) is 0 Å². The predicted octanol–water partition coefficient (Wildman–Crippen LogP) is 4.05. The van der Waals surface area contributed by atoms with Gasteiger partial charge in [-0.05, 0) is 79.6 Å². The number of carbonyl (C=O) groups excluding carboxylic acids is 1. The molecule has 1 aliphatic rings. The molecule has 3 rings (SSSR count). The summed E-state index contributed by atoms with van der Waals surface area (Å²) in [6, 6.07) is 12.8. The van der Waals surface area contributed by atoms with Gasteiger partial charge in [0.05, 0.1) is 10.6 Å². The Labute approximate surface area is 167 Å². The van der Waals surface area contributed by atoms with Crippen molar-refractivity contribution in [1.29, 1.82) is 0 Å². The topological polar surface area (TPSA) is 88.0 Å². The van der Waals surface area contributed by atoms with Crippen LogP contribution in [-0.2, 0) is 9.59 Å². The maximum atomic E-state index is 12.2. The molecule has 1 aliphatic heterocycles. The monoisotopic (exact) mass is 396 g/mol. The molecule has 2 N–H and O–H groups in total. The lowest BCUT2D eigenvalue weighted by Crippen LogP contribution is -2.22. The number of benzene rings is 2. The smallest absolute Gasteiger partial charge is 0.344 e. The highest BCUT2D eigenvalue weighted by Gasteiger charge is 2.23. The molecule has 7 heteroatoms. The average Bonchev–Trinajstić information content (AvgIpc) is 2.98. The fourth-order valence-corrected chi connectivity index (χ4v) is 3.28. The summed E-state index contributed by atoms with van der Waals surface area (Å²) in [5.41, 5.74) is 3.94. The number of ether oxygens (including phenoxy) is 1. The van der Waals surface area contributed by atoms with Crippen LogP contribution in [0.2, 0.25) is 0 Å². The molecule has 1 atom stereocenters. The summed E-state index contributed by atoms with van der Waals surface area (Å²) in [5, 5.41) is 12.2. The van der Waals surface area contributed by atoms with Crippen molar-refractivity contribution in [2.24, 2.45) is 4.99 Å². The third-order valence-electron chi connectivity index (χ3n) is 4.21. The van der Waals surface area contributed by atoms with Crippen LogP contribution in [0.25, 0.3) is 6.08 Å². The molecule has 6 nitrogen and oxygen atoms in total. The molecule has 2 aromatic rings.